The summed E-state index contributed by atoms with van der Waals surface area (Å²) in [5, 5.41) is 0. The maximum absolute atomic E-state index is 3.85. The van der Waals surface area contributed by atoms with Gasteiger partial charge in [0.1, 0.15) is 0 Å². The zero-order valence-corrected chi connectivity index (χ0v) is 8.81. The number of unbranched alkanes of at least 4 members (excludes halogenated alkanes) is 4. The minimum atomic E-state index is 0.770. The van der Waals surface area contributed by atoms with Crippen LogP contribution in [-0.4, -0.2) is 0 Å². The maximum Gasteiger partial charge on any atom is -0.0239 e. The van der Waals surface area contributed by atoms with E-state index in [1.807, 2.05) is 0 Å². The van der Waals surface area contributed by atoms with Crippen LogP contribution in [0.2, 0.25) is 0 Å². The average Bonchev–Trinajstić information content (AvgIpc) is 2.11. The molecular formula is C12H24. The predicted molar refractivity (Wildman–Crippen MR) is 57.4 cm³/mol. The lowest BCUT2D eigenvalue weighted by atomic mass is 9.98. The molecule has 0 aromatic rings. The highest BCUT2D eigenvalue weighted by atomic mass is 14.0. The van der Waals surface area contributed by atoms with Crippen LogP contribution in [0.4, 0.5) is 0 Å². The molecule has 0 N–H and O–H groups in total. The van der Waals surface area contributed by atoms with Gasteiger partial charge in [-0.1, -0.05) is 52.0 Å². The number of rotatable bonds is 8. The third kappa shape index (κ3) is 6.45. The third-order valence-corrected chi connectivity index (χ3v) is 2.54. The molecule has 0 radical (unpaired) electrons. The Morgan fingerprint density at radius 1 is 1.08 bits per heavy atom. The second-order valence-electron chi connectivity index (χ2n) is 3.61. The van der Waals surface area contributed by atoms with Crippen LogP contribution in [0, 0.1) is 5.92 Å². The van der Waals surface area contributed by atoms with Crippen molar-refractivity contribution in [1.82, 2.24) is 0 Å². The van der Waals surface area contributed by atoms with E-state index in [1.165, 1.54) is 44.9 Å². The lowest BCUT2D eigenvalue weighted by molar-refractivity contribution is 0.513. The molecule has 12 heavy (non-hydrogen) atoms. The first-order valence-electron chi connectivity index (χ1n) is 5.47. The SMILES string of the molecule is C=CC(CC)CCCCCCC. The minimum absolute atomic E-state index is 0.770. The van der Waals surface area contributed by atoms with Crippen LogP contribution in [0.15, 0.2) is 12.7 Å². The van der Waals surface area contributed by atoms with E-state index in [0.29, 0.717) is 0 Å². The van der Waals surface area contributed by atoms with Gasteiger partial charge in [0.05, 0.1) is 0 Å². The third-order valence-electron chi connectivity index (χ3n) is 2.54. The van der Waals surface area contributed by atoms with Crippen molar-refractivity contribution in [1.29, 1.82) is 0 Å². The number of hydrogen-bond acceptors (Lipinski definition) is 0. The Bertz CT molecular complexity index is 94.2. The summed E-state index contributed by atoms with van der Waals surface area (Å²) in [5.74, 6) is 0.770. The molecule has 72 valence electrons. The molecule has 0 nitrogen and oxygen atoms in total. The van der Waals surface area contributed by atoms with Crippen LogP contribution in [0.25, 0.3) is 0 Å². The van der Waals surface area contributed by atoms with Gasteiger partial charge in [-0.25, -0.2) is 0 Å². The second kappa shape index (κ2) is 8.83. The molecule has 0 spiro atoms. The largest absolute Gasteiger partial charge is 0.103 e. The molecule has 0 amide bonds. The molecule has 0 saturated heterocycles. The van der Waals surface area contributed by atoms with Gasteiger partial charge < -0.3 is 0 Å². The van der Waals surface area contributed by atoms with Gasteiger partial charge >= 0.3 is 0 Å². The zero-order valence-electron chi connectivity index (χ0n) is 8.81. The van der Waals surface area contributed by atoms with E-state index in [0.717, 1.165) is 5.92 Å². The number of hydrogen-bond donors (Lipinski definition) is 0. The Hall–Kier alpha value is -0.260. The highest BCUT2D eigenvalue weighted by molar-refractivity contribution is 4.77. The summed E-state index contributed by atoms with van der Waals surface area (Å²) in [6, 6.07) is 0. The summed E-state index contributed by atoms with van der Waals surface area (Å²) in [6.07, 6.45) is 11.7. The fourth-order valence-electron chi connectivity index (χ4n) is 1.50. The van der Waals surface area contributed by atoms with Crippen LogP contribution in [0.5, 0.6) is 0 Å². The molecule has 0 bridgehead atoms. The van der Waals surface area contributed by atoms with Gasteiger partial charge in [0.25, 0.3) is 0 Å². The van der Waals surface area contributed by atoms with Crippen LogP contribution < -0.4 is 0 Å². The van der Waals surface area contributed by atoms with E-state index in [2.05, 4.69) is 26.5 Å². The first-order valence-corrected chi connectivity index (χ1v) is 5.47. The molecule has 1 atom stereocenters. The molecule has 0 aliphatic heterocycles. The molecule has 0 aromatic heterocycles. The molecule has 1 unspecified atom stereocenters. The lowest BCUT2D eigenvalue weighted by Gasteiger charge is -2.08. The van der Waals surface area contributed by atoms with Crippen LogP contribution in [-0.2, 0) is 0 Å². The van der Waals surface area contributed by atoms with E-state index >= 15 is 0 Å². The highest BCUT2D eigenvalue weighted by Gasteiger charge is 1.99. The molecule has 0 saturated carbocycles. The van der Waals surface area contributed by atoms with E-state index in [1.54, 1.807) is 0 Å². The zero-order chi connectivity index (χ0) is 9.23. The maximum atomic E-state index is 3.85. The topological polar surface area (TPSA) is 0 Å². The van der Waals surface area contributed by atoms with Crippen LogP contribution in [0.1, 0.15) is 58.8 Å². The van der Waals surface area contributed by atoms with Crippen LogP contribution >= 0.6 is 0 Å². The summed E-state index contributed by atoms with van der Waals surface area (Å²) in [5.41, 5.74) is 0. The molecule has 0 fully saturated rings. The molecule has 0 heteroatoms. The van der Waals surface area contributed by atoms with Crippen molar-refractivity contribution in [2.75, 3.05) is 0 Å². The molecule has 0 aliphatic rings. The fourth-order valence-corrected chi connectivity index (χ4v) is 1.50. The quantitative estimate of drug-likeness (QED) is 0.368. The van der Waals surface area contributed by atoms with Gasteiger partial charge in [0.15, 0.2) is 0 Å². The van der Waals surface area contributed by atoms with Crippen molar-refractivity contribution in [2.24, 2.45) is 5.92 Å². The van der Waals surface area contributed by atoms with Crippen molar-refractivity contribution in [3.05, 3.63) is 12.7 Å². The summed E-state index contributed by atoms with van der Waals surface area (Å²) >= 11 is 0. The van der Waals surface area contributed by atoms with E-state index < -0.39 is 0 Å². The Morgan fingerprint density at radius 2 is 1.75 bits per heavy atom. The number of allylic oxidation sites excluding steroid dienone is 1. The Balaban J connectivity index is 3.12. The summed E-state index contributed by atoms with van der Waals surface area (Å²) in [7, 11) is 0. The van der Waals surface area contributed by atoms with E-state index in [-0.39, 0.29) is 0 Å². The Morgan fingerprint density at radius 3 is 2.25 bits per heavy atom. The van der Waals surface area contributed by atoms with Crippen molar-refractivity contribution < 1.29 is 0 Å². The molecule has 0 aromatic carbocycles. The highest BCUT2D eigenvalue weighted by Crippen LogP contribution is 2.14. The Labute approximate surface area is 78.1 Å². The first-order chi connectivity index (χ1) is 5.85. The molecule has 0 rings (SSSR count). The van der Waals surface area contributed by atoms with Gasteiger partial charge in [-0.2, -0.15) is 0 Å². The smallest absolute Gasteiger partial charge is 0.0239 e. The van der Waals surface area contributed by atoms with E-state index in [9.17, 15) is 0 Å². The Kier molecular flexibility index (Phi) is 8.64. The van der Waals surface area contributed by atoms with Gasteiger partial charge in [-0.05, 0) is 18.8 Å². The van der Waals surface area contributed by atoms with E-state index in [4.69, 9.17) is 0 Å². The van der Waals surface area contributed by atoms with Gasteiger partial charge in [0.2, 0.25) is 0 Å². The standard InChI is InChI=1S/C12H24/c1-4-7-8-9-10-11-12(5-2)6-3/h5,12H,2,4,6-11H2,1,3H3. The van der Waals surface area contributed by atoms with Crippen molar-refractivity contribution in [2.45, 2.75) is 58.8 Å². The second-order valence-corrected chi connectivity index (χ2v) is 3.61. The lowest BCUT2D eigenvalue weighted by Crippen LogP contribution is -1.93. The molecular weight excluding hydrogens is 144 g/mol. The molecule has 0 heterocycles. The van der Waals surface area contributed by atoms with Crippen molar-refractivity contribution >= 4 is 0 Å². The van der Waals surface area contributed by atoms with Gasteiger partial charge in [-0.15, -0.1) is 6.58 Å². The van der Waals surface area contributed by atoms with Gasteiger partial charge in [0, 0.05) is 0 Å². The predicted octanol–water partition coefficient (Wildman–Crippen LogP) is 4.56. The summed E-state index contributed by atoms with van der Waals surface area (Å²) in [4.78, 5) is 0. The minimum Gasteiger partial charge on any atom is -0.103 e. The summed E-state index contributed by atoms with van der Waals surface area (Å²) < 4.78 is 0. The van der Waals surface area contributed by atoms with Crippen LogP contribution in [0.3, 0.4) is 0 Å². The average molecular weight is 168 g/mol. The summed E-state index contributed by atoms with van der Waals surface area (Å²) in [6.45, 7) is 8.36. The van der Waals surface area contributed by atoms with Crippen molar-refractivity contribution in [3.8, 4) is 0 Å². The van der Waals surface area contributed by atoms with Gasteiger partial charge in [-0.3, -0.25) is 0 Å². The normalized spacial score (nSPS) is 12.8. The molecule has 0 aliphatic carbocycles. The monoisotopic (exact) mass is 168 g/mol. The van der Waals surface area contributed by atoms with Crippen molar-refractivity contribution in [3.63, 3.8) is 0 Å². The first kappa shape index (κ1) is 11.7. The fraction of sp³-hybridized carbons (Fsp3) is 0.833.